The summed E-state index contributed by atoms with van der Waals surface area (Å²) in [4.78, 5) is 0. The standard InChI is InChI=1S/C9H11Cl2N3O2S/c1-9(2-3-17(15,16)5-9)12-6-4-7(10)13-14-8(6)11/h4H,2-3,5H2,1H3,(H,12,13). The van der Waals surface area contributed by atoms with E-state index in [4.69, 9.17) is 23.2 Å². The van der Waals surface area contributed by atoms with Crippen LogP contribution in [0, 0.1) is 0 Å². The van der Waals surface area contributed by atoms with Crippen molar-refractivity contribution in [1.82, 2.24) is 10.2 Å². The molecule has 5 nitrogen and oxygen atoms in total. The van der Waals surface area contributed by atoms with Gasteiger partial charge >= 0.3 is 0 Å². The molecule has 0 radical (unpaired) electrons. The van der Waals surface area contributed by atoms with E-state index >= 15 is 0 Å². The zero-order valence-electron chi connectivity index (χ0n) is 9.07. The summed E-state index contributed by atoms with van der Waals surface area (Å²) in [5.74, 6) is 0.261. The van der Waals surface area contributed by atoms with E-state index in [2.05, 4.69) is 15.5 Å². The largest absolute Gasteiger partial charge is 0.376 e. The molecule has 17 heavy (non-hydrogen) atoms. The second-order valence-electron chi connectivity index (χ2n) is 4.40. The number of anilines is 1. The molecule has 2 rings (SSSR count). The monoisotopic (exact) mass is 295 g/mol. The fraction of sp³-hybridized carbons (Fsp3) is 0.556. The van der Waals surface area contributed by atoms with Crippen LogP contribution in [-0.4, -0.2) is 35.7 Å². The summed E-state index contributed by atoms with van der Waals surface area (Å²) >= 11 is 11.6. The smallest absolute Gasteiger partial charge is 0.174 e. The molecule has 0 bridgehead atoms. The average Bonchev–Trinajstić information content (AvgIpc) is 2.47. The van der Waals surface area contributed by atoms with Gasteiger partial charge in [0.2, 0.25) is 0 Å². The molecule has 1 atom stereocenters. The van der Waals surface area contributed by atoms with E-state index in [-0.39, 0.29) is 21.8 Å². The van der Waals surface area contributed by atoms with Crippen molar-refractivity contribution in [1.29, 1.82) is 0 Å². The van der Waals surface area contributed by atoms with Gasteiger partial charge in [-0.2, -0.15) is 0 Å². The maximum absolute atomic E-state index is 11.5. The normalized spacial score (nSPS) is 27.0. The second-order valence-corrected chi connectivity index (χ2v) is 7.33. The van der Waals surface area contributed by atoms with Gasteiger partial charge in [-0.1, -0.05) is 23.2 Å². The van der Waals surface area contributed by atoms with E-state index < -0.39 is 15.4 Å². The van der Waals surface area contributed by atoms with Gasteiger partial charge in [0.15, 0.2) is 20.1 Å². The van der Waals surface area contributed by atoms with Gasteiger partial charge in [0.1, 0.15) is 0 Å². The minimum atomic E-state index is -2.97. The van der Waals surface area contributed by atoms with Gasteiger partial charge in [0.25, 0.3) is 0 Å². The van der Waals surface area contributed by atoms with Crippen LogP contribution in [0.4, 0.5) is 5.69 Å². The number of nitrogens with one attached hydrogen (secondary N) is 1. The number of rotatable bonds is 2. The van der Waals surface area contributed by atoms with Crippen LogP contribution in [0.3, 0.4) is 0 Å². The van der Waals surface area contributed by atoms with E-state index in [1.165, 1.54) is 6.07 Å². The molecule has 0 spiro atoms. The number of sulfone groups is 1. The lowest BCUT2D eigenvalue weighted by molar-refractivity contribution is 0.573. The van der Waals surface area contributed by atoms with Gasteiger partial charge < -0.3 is 5.32 Å². The summed E-state index contributed by atoms with van der Waals surface area (Å²) in [5.41, 5.74) is -0.0271. The number of aromatic nitrogens is 2. The Kier molecular flexibility index (Phi) is 3.22. The minimum absolute atomic E-state index is 0.0796. The maximum Gasteiger partial charge on any atom is 0.174 e. The molecule has 1 fully saturated rings. The molecule has 1 aliphatic heterocycles. The highest BCUT2D eigenvalue weighted by Crippen LogP contribution is 2.30. The van der Waals surface area contributed by atoms with Crippen molar-refractivity contribution in [2.45, 2.75) is 18.9 Å². The van der Waals surface area contributed by atoms with Crippen molar-refractivity contribution >= 4 is 38.7 Å². The first-order chi connectivity index (χ1) is 7.80. The predicted octanol–water partition coefficient (Wildman–Crippen LogP) is 1.77. The Bertz CT molecular complexity index is 549. The third kappa shape index (κ3) is 3.00. The molecule has 1 N–H and O–H groups in total. The average molecular weight is 296 g/mol. The molecular weight excluding hydrogens is 285 g/mol. The number of hydrogen-bond donors (Lipinski definition) is 1. The molecule has 0 aromatic carbocycles. The summed E-state index contributed by atoms with van der Waals surface area (Å²) in [6, 6.07) is 1.53. The summed E-state index contributed by atoms with van der Waals surface area (Å²) < 4.78 is 22.9. The van der Waals surface area contributed by atoms with Crippen LogP contribution >= 0.6 is 23.2 Å². The predicted molar refractivity (Wildman–Crippen MR) is 67.4 cm³/mol. The number of hydrogen-bond acceptors (Lipinski definition) is 5. The van der Waals surface area contributed by atoms with Gasteiger partial charge in [-0.25, -0.2) is 8.42 Å². The first-order valence-electron chi connectivity index (χ1n) is 4.97. The molecule has 0 aliphatic carbocycles. The van der Waals surface area contributed by atoms with E-state index in [0.29, 0.717) is 12.1 Å². The van der Waals surface area contributed by atoms with Gasteiger partial charge in [-0.3, -0.25) is 0 Å². The quantitative estimate of drug-likeness (QED) is 0.900. The van der Waals surface area contributed by atoms with E-state index in [9.17, 15) is 8.42 Å². The zero-order chi connectivity index (χ0) is 12.7. The molecule has 1 aromatic rings. The summed E-state index contributed by atoms with van der Waals surface area (Å²) in [5, 5.41) is 10.7. The van der Waals surface area contributed by atoms with Gasteiger partial charge in [-0.15, -0.1) is 10.2 Å². The van der Waals surface area contributed by atoms with Crippen LogP contribution in [0.2, 0.25) is 10.3 Å². The summed E-state index contributed by atoms with van der Waals surface area (Å²) in [7, 11) is -2.97. The lowest BCUT2D eigenvalue weighted by Gasteiger charge is -2.25. The Morgan fingerprint density at radius 3 is 2.71 bits per heavy atom. The topological polar surface area (TPSA) is 72.0 Å². The van der Waals surface area contributed by atoms with Crippen molar-refractivity contribution in [3.63, 3.8) is 0 Å². The van der Waals surface area contributed by atoms with Gasteiger partial charge in [-0.05, 0) is 13.3 Å². The van der Waals surface area contributed by atoms with Crippen LogP contribution < -0.4 is 5.32 Å². The Hall–Kier alpha value is -0.590. The van der Waals surface area contributed by atoms with Gasteiger partial charge in [0.05, 0.1) is 17.2 Å². The van der Waals surface area contributed by atoms with Crippen molar-refractivity contribution in [2.75, 3.05) is 16.8 Å². The van der Waals surface area contributed by atoms with Crippen LogP contribution in [0.25, 0.3) is 0 Å². The van der Waals surface area contributed by atoms with Crippen molar-refractivity contribution in [3.8, 4) is 0 Å². The van der Waals surface area contributed by atoms with Gasteiger partial charge in [0, 0.05) is 11.6 Å². The van der Waals surface area contributed by atoms with Crippen LogP contribution in [0.5, 0.6) is 0 Å². The fourth-order valence-corrected chi connectivity index (χ4v) is 4.25. The van der Waals surface area contributed by atoms with E-state index in [1.54, 1.807) is 0 Å². The van der Waals surface area contributed by atoms with Crippen LogP contribution in [0.1, 0.15) is 13.3 Å². The lowest BCUT2D eigenvalue weighted by atomic mass is 10.0. The Labute approximate surface area is 109 Å². The van der Waals surface area contributed by atoms with E-state index in [0.717, 1.165) is 0 Å². The number of halogens is 2. The summed E-state index contributed by atoms with van der Waals surface area (Å²) in [6.45, 7) is 1.84. The molecule has 8 heteroatoms. The molecule has 1 saturated heterocycles. The Morgan fingerprint density at radius 2 is 2.12 bits per heavy atom. The molecule has 1 unspecified atom stereocenters. The van der Waals surface area contributed by atoms with E-state index in [1.807, 2.05) is 6.92 Å². The third-order valence-corrected chi connectivity index (χ3v) is 5.03. The minimum Gasteiger partial charge on any atom is -0.376 e. The summed E-state index contributed by atoms with van der Waals surface area (Å²) in [6.07, 6.45) is 0.533. The highest BCUT2D eigenvalue weighted by Gasteiger charge is 2.38. The van der Waals surface area contributed by atoms with Crippen molar-refractivity contribution in [2.24, 2.45) is 0 Å². The fourth-order valence-electron chi connectivity index (χ4n) is 1.87. The molecule has 1 aromatic heterocycles. The lowest BCUT2D eigenvalue weighted by Crippen LogP contribution is -2.36. The maximum atomic E-state index is 11.5. The van der Waals surface area contributed by atoms with Crippen LogP contribution in [-0.2, 0) is 9.84 Å². The first-order valence-corrected chi connectivity index (χ1v) is 7.55. The molecule has 0 amide bonds. The van der Waals surface area contributed by atoms with Crippen LogP contribution in [0.15, 0.2) is 6.07 Å². The highest BCUT2D eigenvalue weighted by molar-refractivity contribution is 7.91. The highest BCUT2D eigenvalue weighted by atomic mass is 35.5. The number of nitrogens with zero attached hydrogens (tertiary/aromatic N) is 2. The molecule has 2 heterocycles. The Balaban J connectivity index is 2.24. The molecule has 94 valence electrons. The SMILES string of the molecule is CC1(Nc2cc(Cl)nnc2Cl)CCS(=O)(=O)C1. The zero-order valence-corrected chi connectivity index (χ0v) is 11.4. The molecule has 0 saturated carbocycles. The first kappa shape index (κ1) is 12.9. The Morgan fingerprint density at radius 1 is 1.41 bits per heavy atom. The molecular formula is C9H11Cl2N3O2S. The third-order valence-electron chi connectivity index (χ3n) is 2.66. The van der Waals surface area contributed by atoms with Crippen molar-refractivity contribution < 1.29 is 8.42 Å². The second kappa shape index (κ2) is 4.26. The van der Waals surface area contributed by atoms with Crippen molar-refractivity contribution in [3.05, 3.63) is 16.4 Å². The molecule has 1 aliphatic rings.